The number of para-hydroxylation sites is 1. The molecule has 0 spiro atoms. The number of hydrogen-bond acceptors (Lipinski definition) is 4. The van der Waals surface area contributed by atoms with E-state index in [1.807, 2.05) is 31.2 Å². The summed E-state index contributed by atoms with van der Waals surface area (Å²) in [5.74, 6) is 0.493. The molecule has 110 valence electrons. The minimum absolute atomic E-state index is 0.0764. The van der Waals surface area contributed by atoms with E-state index in [2.05, 4.69) is 4.98 Å². The molecule has 0 aliphatic heterocycles. The van der Waals surface area contributed by atoms with Crippen molar-refractivity contribution in [3.63, 3.8) is 0 Å². The van der Waals surface area contributed by atoms with E-state index in [0.717, 1.165) is 11.3 Å². The highest BCUT2D eigenvalue weighted by molar-refractivity contribution is 5.80. The van der Waals surface area contributed by atoms with E-state index >= 15 is 0 Å². The van der Waals surface area contributed by atoms with Crippen LogP contribution in [0.1, 0.15) is 11.4 Å². The predicted molar refractivity (Wildman–Crippen MR) is 83.5 cm³/mol. The second kappa shape index (κ2) is 5.07. The summed E-state index contributed by atoms with van der Waals surface area (Å²) in [5.41, 5.74) is 1.74. The fourth-order valence-corrected chi connectivity index (χ4v) is 2.50. The van der Waals surface area contributed by atoms with Gasteiger partial charge in [-0.05, 0) is 31.5 Å². The average molecular weight is 295 g/mol. The summed E-state index contributed by atoms with van der Waals surface area (Å²) >= 11 is 0. The summed E-state index contributed by atoms with van der Waals surface area (Å²) in [5, 5.41) is 11.2. The minimum Gasteiger partial charge on any atom is -0.268 e. The van der Waals surface area contributed by atoms with E-state index < -0.39 is 4.92 Å². The first kappa shape index (κ1) is 13.9. The van der Waals surface area contributed by atoms with Crippen molar-refractivity contribution < 1.29 is 4.92 Å². The van der Waals surface area contributed by atoms with Crippen LogP contribution >= 0.6 is 0 Å². The normalized spacial score (nSPS) is 10.8. The molecule has 6 nitrogen and oxygen atoms in total. The van der Waals surface area contributed by atoms with Crippen LogP contribution in [0.25, 0.3) is 16.6 Å². The van der Waals surface area contributed by atoms with Gasteiger partial charge in [0.15, 0.2) is 0 Å². The first-order valence-electron chi connectivity index (χ1n) is 6.73. The van der Waals surface area contributed by atoms with Crippen LogP contribution < -0.4 is 5.56 Å². The van der Waals surface area contributed by atoms with Crippen LogP contribution in [0.15, 0.2) is 47.3 Å². The van der Waals surface area contributed by atoms with Gasteiger partial charge in [-0.25, -0.2) is 4.98 Å². The van der Waals surface area contributed by atoms with Crippen LogP contribution in [0.5, 0.6) is 0 Å². The molecule has 1 heterocycles. The van der Waals surface area contributed by atoms with Crippen LogP contribution in [0.3, 0.4) is 0 Å². The maximum absolute atomic E-state index is 12.7. The highest BCUT2D eigenvalue weighted by Gasteiger charge is 2.14. The van der Waals surface area contributed by atoms with Crippen molar-refractivity contribution in [1.82, 2.24) is 9.55 Å². The maximum Gasteiger partial charge on any atom is 0.271 e. The molecular formula is C16H13N3O3. The van der Waals surface area contributed by atoms with Crippen molar-refractivity contribution >= 4 is 16.6 Å². The second-order valence-corrected chi connectivity index (χ2v) is 5.04. The number of nitrogens with zero attached hydrogens (tertiary/aromatic N) is 3. The van der Waals surface area contributed by atoms with Gasteiger partial charge >= 0.3 is 0 Å². The second-order valence-electron chi connectivity index (χ2n) is 5.04. The molecule has 22 heavy (non-hydrogen) atoms. The lowest BCUT2D eigenvalue weighted by molar-refractivity contribution is -0.384. The van der Waals surface area contributed by atoms with Crippen LogP contribution in [0, 0.1) is 24.0 Å². The molecule has 0 N–H and O–H groups in total. The molecular weight excluding hydrogens is 282 g/mol. The van der Waals surface area contributed by atoms with Crippen LogP contribution in [-0.2, 0) is 0 Å². The lowest BCUT2D eigenvalue weighted by Gasteiger charge is -2.12. The molecule has 0 saturated carbocycles. The molecule has 0 unspecified atom stereocenters. The van der Waals surface area contributed by atoms with Crippen LogP contribution in [0.4, 0.5) is 5.69 Å². The molecule has 0 atom stereocenters. The van der Waals surface area contributed by atoms with Gasteiger partial charge in [0.25, 0.3) is 11.2 Å². The Balaban J connectivity index is 2.35. The molecule has 0 bridgehead atoms. The SMILES string of the molecule is Cc1ccccc1-n1c(C)nc2cc([N+](=O)[O-])ccc2c1=O. The topological polar surface area (TPSA) is 78.0 Å². The molecule has 3 aromatic rings. The van der Waals surface area contributed by atoms with Crippen molar-refractivity contribution in [2.75, 3.05) is 0 Å². The summed E-state index contributed by atoms with van der Waals surface area (Å²) in [6.07, 6.45) is 0. The third kappa shape index (κ3) is 2.14. The summed E-state index contributed by atoms with van der Waals surface area (Å²) < 4.78 is 1.53. The molecule has 0 fully saturated rings. The number of fused-ring (bicyclic) bond motifs is 1. The number of benzene rings is 2. The number of aryl methyl sites for hydroxylation is 2. The Morgan fingerprint density at radius 1 is 1.14 bits per heavy atom. The molecule has 3 rings (SSSR count). The van der Waals surface area contributed by atoms with Crippen molar-refractivity contribution in [1.29, 1.82) is 0 Å². The largest absolute Gasteiger partial charge is 0.271 e. The Labute approximate surface area is 125 Å². The molecule has 0 amide bonds. The predicted octanol–water partition coefficient (Wildman–Crippen LogP) is 2.91. The van der Waals surface area contributed by atoms with Gasteiger partial charge in [-0.2, -0.15) is 0 Å². The highest BCUT2D eigenvalue weighted by atomic mass is 16.6. The smallest absolute Gasteiger partial charge is 0.268 e. The highest BCUT2D eigenvalue weighted by Crippen LogP contribution is 2.19. The van der Waals surface area contributed by atoms with Gasteiger partial charge in [-0.1, -0.05) is 18.2 Å². The molecule has 0 radical (unpaired) electrons. The zero-order valence-corrected chi connectivity index (χ0v) is 12.1. The molecule has 0 aliphatic carbocycles. The number of nitro benzene ring substituents is 1. The number of nitro groups is 1. The monoisotopic (exact) mass is 295 g/mol. The van der Waals surface area contributed by atoms with Crippen molar-refractivity contribution in [2.45, 2.75) is 13.8 Å². The first-order valence-corrected chi connectivity index (χ1v) is 6.73. The average Bonchev–Trinajstić information content (AvgIpc) is 2.48. The Hall–Kier alpha value is -3.02. The van der Waals surface area contributed by atoms with E-state index in [-0.39, 0.29) is 11.2 Å². The quantitative estimate of drug-likeness (QED) is 0.538. The van der Waals surface area contributed by atoms with E-state index in [1.54, 1.807) is 6.92 Å². The third-order valence-corrected chi connectivity index (χ3v) is 3.59. The molecule has 6 heteroatoms. The summed E-state index contributed by atoms with van der Waals surface area (Å²) in [6.45, 7) is 3.63. The van der Waals surface area contributed by atoms with Gasteiger partial charge in [0.05, 0.1) is 21.5 Å². The lowest BCUT2D eigenvalue weighted by Crippen LogP contribution is -2.23. The van der Waals surface area contributed by atoms with Crippen molar-refractivity contribution in [3.8, 4) is 5.69 Å². The number of rotatable bonds is 2. The van der Waals surface area contributed by atoms with Gasteiger partial charge in [0.1, 0.15) is 5.82 Å². The molecule has 0 saturated heterocycles. The van der Waals surface area contributed by atoms with E-state index in [0.29, 0.717) is 16.7 Å². The van der Waals surface area contributed by atoms with Gasteiger partial charge in [0, 0.05) is 12.1 Å². The fourth-order valence-electron chi connectivity index (χ4n) is 2.50. The first-order chi connectivity index (χ1) is 10.5. The molecule has 0 aliphatic rings. The standard InChI is InChI=1S/C16H13N3O3/c1-10-5-3-4-6-15(10)18-11(2)17-14-9-12(19(21)22)7-8-13(14)16(18)20/h3-9H,1-2H3. The van der Waals surface area contributed by atoms with Crippen LogP contribution in [0.2, 0.25) is 0 Å². The number of non-ortho nitro benzene ring substituents is 1. The zero-order valence-electron chi connectivity index (χ0n) is 12.1. The Bertz CT molecular complexity index is 960. The summed E-state index contributed by atoms with van der Waals surface area (Å²) in [6, 6.07) is 11.6. The van der Waals surface area contributed by atoms with Gasteiger partial charge in [-0.3, -0.25) is 19.5 Å². The summed E-state index contributed by atoms with van der Waals surface area (Å²) in [7, 11) is 0. The Morgan fingerprint density at radius 3 is 2.55 bits per heavy atom. The van der Waals surface area contributed by atoms with Crippen molar-refractivity contribution in [2.24, 2.45) is 0 Å². The third-order valence-electron chi connectivity index (χ3n) is 3.59. The van der Waals surface area contributed by atoms with E-state index in [9.17, 15) is 14.9 Å². The Morgan fingerprint density at radius 2 is 1.86 bits per heavy atom. The maximum atomic E-state index is 12.7. The van der Waals surface area contributed by atoms with E-state index in [4.69, 9.17) is 0 Å². The summed E-state index contributed by atoms with van der Waals surface area (Å²) in [4.78, 5) is 27.4. The number of aromatic nitrogens is 2. The Kier molecular flexibility index (Phi) is 3.21. The fraction of sp³-hybridized carbons (Fsp3) is 0.125. The minimum atomic E-state index is -0.497. The van der Waals surface area contributed by atoms with Crippen molar-refractivity contribution in [3.05, 3.63) is 74.3 Å². The van der Waals surface area contributed by atoms with E-state index in [1.165, 1.54) is 22.8 Å². The molecule has 1 aromatic heterocycles. The molecule has 2 aromatic carbocycles. The van der Waals surface area contributed by atoms with Gasteiger partial charge < -0.3 is 0 Å². The zero-order chi connectivity index (χ0) is 15.9. The van der Waals surface area contributed by atoms with Gasteiger partial charge in [0.2, 0.25) is 0 Å². The van der Waals surface area contributed by atoms with Gasteiger partial charge in [-0.15, -0.1) is 0 Å². The number of hydrogen-bond donors (Lipinski definition) is 0. The lowest BCUT2D eigenvalue weighted by atomic mass is 10.1. The van der Waals surface area contributed by atoms with Crippen LogP contribution in [-0.4, -0.2) is 14.5 Å².